The van der Waals surface area contributed by atoms with Crippen LogP contribution in [0.5, 0.6) is 5.75 Å². The lowest BCUT2D eigenvalue weighted by molar-refractivity contribution is 0.0697. The number of rotatable bonds is 4. The largest absolute Gasteiger partial charge is 0.494 e. The Balaban J connectivity index is 2.42. The second-order valence-corrected chi connectivity index (χ2v) is 3.33. The first-order valence-corrected chi connectivity index (χ1v) is 5.13. The van der Waals surface area contributed by atoms with Gasteiger partial charge in [-0.15, -0.1) is 0 Å². The van der Waals surface area contributed by atoms with Gasteiger partial charge in [0, 0.05) is 5.56 Å². The Morgan fingerprint density at radius 1 is 1.53 bits per heavy atom. The van der Waals surface area contributed by atoms with Gasteiger partial charge >= 0.3 is 5.97 Å². The van der Waals surface area contributed by atoms with Gasteiger partial charge in [0.1, 0.15) is 11.3 Å². The Morgan fingerprint density at radius 3 is 3.06 bits per heavy atom. The normalized spacial score (nSPS) is 10.2. The molecule has 0 saturated carbocycles. The average Bonchev–Trinajstić information content (AvgIpc) is 2.79. The summed E-state index contributed by atoms with van der Waals surface area (Å²) in [5.41, 5.74) is 0.671. The van der Waals surface area contributed by atoms with Crippen molar-refractivity contribution in [3.63, 3.8) is 0 Å². The molecule has 0 spiro atoms. The molecule has 0 aliphatic carbocycles. The maximum Gasteiger partial charge on any atom is 0.341 e. The molecule has 0 atom stereocenters. The van der Waals surface area contributed by atoms with Crippen LogP contribution in [0.25, 0.3) is 11.3 Å². The van der Waals surface area contributed by atoms with E-state index in [0.29, 0.717) is 17.9 Å². The number of hydrogen-bond acceptors (Lipinski definition) is 4. The molecule has 0 radical (unpaired) electrons. The second-order valence-electron chi connectivity index (χ2n) is 3.33. The Morgan fingerprint density at radius 2 is 2.35 bits per heavy atom. The van der Waals surface area contributed by atoms with Crippen molar-refractivity contribution in [3.8, 4) is 17.1 Å². The fraction of sp³-hybridized carbons (Fsp3) is 0.167. The van der Waals surface area contributed by atoms with E-state index < -0.39 is 5.97 Å². The van der Waals surface area contributed by atoms with Crippen molar-refractivity contribution in [2.24, 2.45) is 0 Å². The molecule has 0 aliphatic heterocycles. The molecular weight excluding hydrogens is 222 g/mol. The Bertz CT molecular complexity index is 533. The van der Waals surface area contributed by atoms with E-state index in [-0.39, 0.29) is 11.3 Å². The zero-order chi connectivity index (χ0) is 12.3. The molecule has 5 heteroatoms. The molecule has 1 N–H and O–H groups in total. The fourth-order valence-electron chi connectivity index (χ4n) is 1.49. The number of nitrogens with zero attached hydrogens (tertiary/aromatic N) is 1. The molecule has 0 fully saturated rings. The molecule has 0 saturated heterocycles. The summed E-state index contributed by atoms with van der Waals surface area (Å²) in [6, 6.07) is 7.03. The minimum atomic E-state index is -1.07. The minimum Gasteiger partial charge on any atom is -0.494 e. The predicted octanol–water partition coefficient (Wildman–Crippen LogP) is 2.44. The lowest BCUT2D eigenvalue weighted by Gasteiger charge is -2.04. The van der Waals surface area contributed by atoms with E-state index in [9.17, 15) is 4.79 Å². The zero-order valence-corrected chi connectivity index (χ0v) is 9.21. The molecule has 2 rings (SSSR count). The van der Waals surface area contributed by atoms with Gasteiger partial charge in [-0.3, -0.25) is 0 Å². The van der Waals surface area contributed by atoms with Crippen LogP contribution in [0.1, 0.15) is 17.3 Å². The molecule has 1 aromatic heterocycles. The maximum atomic E-state index is 10.9. The van der Waals surface area contributed by atoms with E-state index in [4.69, 9.17) is 14.4 Å². The molecule has 0 unspecified atom stereocenters. The molecule has 0 bridgehead atoms. The van der Waals surface area contributed by atoms with Crippen molar-refractivity contribution >= 4 is 5.97 Å². The second kappa shape index (κ2) is 4.69. The van der Waals surface area contributed by atoms with E-state index in [2.05, 4.69) is 5.16 Å². The van der Waals surface area contributed by atoms with Gasteiger partial charge in [0.15, 0.2) is 5.76 Å². The summed E-state index contributed by atoms with van der Waals surface area (Å²) < 4.78 is 10.3. The summed E-state index contributed by atoms with van der Waals surface area (Å²) in [5, 5.41) is 12.5. The Labute approximate surface area is 97.6 Å². The van der Waals surface area contributed by atoms with Crippen molar-refractivity contribution in [3.05, 3.63) is 36.0 Å². The highest BCUT2D eigenvalue weighted by molar-refractivity contribution is 5.93. The molecule has 0 amide bonds. The minimum absolute atomic E-state index is 0.0404. The number of aromatic nitrogens is 1. The SMILES string of the molecule is CCOc1cccc(-c2oncc2C(=O)O)c1. The average molecular weight is 233 g/mol. The lowest BCUT2D eigenvalue weighted by Crippen LogP contribution is -1.96. The molecule has 1 aromatic carbocycles. The molecule has 0 aliphatic rings. The van der Waals surface area contributed by atoms with Gasteiger partial charge in [0.05, 0.1) is 12.8 Å². The van der Waals surface area contributed by atoms with Crippen molar-refractivity contribution in [1.29, 1.82) is 0 Å². The number of carboxylic acids is 1. The van der Waals surface area contributed by atoms with Crippen LogP contribution in [0.4, 0.5) is 0 Å². The van der Waals surface area contributed by atoms with Gasteiger partial charge in [0.25, 0.3) is 0 Å². The van der Waals surface area contributed by atoms with E-state index in [0.717, 1.165) is 0 Å². The summed E-state index contributed by atoms with van der Waals surface area (Å²) in [6.07, 6.45) is 1.19. The summed E-state index contributed by atoms with van der Waals surface area (Å²) in [4.78, 5) is 10.9. The highest BCUT2D eigenvalue weighted by atomic mass is 16.5. The quantitative estimate of drug-likeness (QED) is 0.877. The van der Waals surface area contributed by atoms with Gasteiger partial charge in [0.2, 0.25) is 0 Å². The number of carboxylic acid groups (broad SMARTS) is 1. The van der Waals surface area contributed by atoms with E-state index in [1.54, 1.807) is 24.3 Å². The zero-order valence-electron chi connectivity index (χ0n) is 9.21. The van der Waals surface area contributed by atoms with Crippen LogP contribution in [0.2, 0.25) is 0 Å². The topological polar surface area (TPSA) is 72.6 Å². The third-order valence-corrected chi connectivity index (χ3v) is 2.21. The summed E-state index contributed by atoms with van der Waals surface area (Å²) in [7, 11) is 0. The van der Waals surface area contributed by atoms with Gasteiger partial charge in [-0.2, -0.15) is 0 Å². The van der Waals surface area contributed by atoms with Crippen LogP contribution >= 0.6 is 0 Å². The van der Waals surface area contributed by atoms with Crippen LogP contribution in [0, 0.1) is 0 Å². The van der Waals surface area contributed by atoms with Crippen molar-refractivity contribution in [1.82, 2.24) is 5.16 Å². The van der Waals surface area contributed by atoms with Gasteiger partial charge in [-0.25, -0.2) is 4.79 Å². The highest BCUT2D eigenvalue weighted by Crippen LogP contribution is 2.26. The number of benzene rings is 1. The third kappa shape index (κ3) is 2.28. The molecule has 5 nitrogen and oxygen atoms in total. The Hall–Kier alpha value is -2.30. The molecule has 88 valence electrons. The first kappa shape index (κ1) is 11.2. The van der Waals surface area contributed by atoms with Crippen molar-refractivity contribution < 1.29 is 19.2 Å². The summed E-state index contributed by atoms with van der Waals surface area (Å²) in [6.45, 7) is 2.43. The van der Waals surface area contributed by atoms with E-state index in [1.165, 1.54) is 6.20 Å². The standard InChI is InChI=1S/C12H11NO4/c1-2-16-9-5-3-4-8(6-9)11-10(12(14)15)7-13-17-11/h3-7H,2H2,1H3,(H,14,15). The number of carbonyl (C=O) groups is 1. The van der Waals surface area contributed by atoms with Gasteiger partial charge in [-0.1, -0.05) is 17.3 Å². The molecular formula is C12H11NO4. The monoisotopic (exact) mass is 233 g/mol. The first-order valence-electron chi connectivity index (χ1n) is 5.13. The van der Waals surface area contributed by atoms with Crippen LogP contribution in [-0.4, -0.2) is 22.8 Å². The van der Waals surface area contributed by atoms with Gasteiger partial charge < -0.3 is 14.4 Å². The number of aromatic carboxylic acids is 1. The Kier molecular flexibility index (Phi) is 3.09. The number of ether oxygens (including phenoxy) is 1. The van der Waals surface area contributed by atoms with Crippen molar-refractivity contribution in [2.45, 2.75) is 6.92 Å². The summed E-state index contributed by atoms with van der Waals surface area (Å²) in [5.74, 6) is -0.167. The van der Waals surface area contributed by atoms with E-state index in [1.807, 2.05) is 6.92 Å². The van der Waals surface area contributed by atoms with Crippen LogP contribution in [0.15, 0.2) is 35.0 Å². The van der Waals surface area contributed by atoms with Crippen LogP contribution in [0.3, 0.4) is 0 Å². The smallest absolute Gasteiger partial charge is 0.341 e. The van der Waals surface area contributed by atoms with E-state index >= 15 is 0 Å². The lowest BCUT2D eigenvalue weighted by atomic mass is 10.1. The number of hydrogen-bond donors (Lipinski definition) is 1. The molecule has 1 heterocycles. The molecule has 17 heavy (non-hydrogen) atoms. The summed E-state index contributed by atoms with van der Waals surface area (Å²) >= 11 is 0. The van der Waals surface area contributed by atoms with Gasteiger partial charge in [-0.05, 0) is 19.1 Å². The third-order valence-electron chi connectivity index (χ3n) is 2.21. The van der Waals surface area contributed by atoms with Crippen LogP contribution < -0.4 is 4.74 Å². The van der Waals surface area contributed by atoms with Crippen molar-refractivity contribution in [2.75, 3.05) is 6.61 Å². The highest BCUT2D eigenvalue weighted by Gasteiger charge is 2.17. The first-order chi connectivity index (χ1) is 8.22. The predicted molar refractivity (Wildman–Crippen MR) is 60.1 cm³/mol. The fourth-order valence-corrected chi connectivity index (χ4v) is 1.49. The van der Waals surface area contributed by atoms with Crippen LogP contribution in [-0.2, 0) is 0 Å². The maximum absolute atomic E-state index is 10.9. The molecule has 2 aromatic rings.